The third kappa shape index (κ3) is 6.82. The van der Waals surface area contributed by atoms with Gasteiger partial charge >= 0.3 is 0 Å². The minimum absolute atomic E-state index is 0.0191. The Labute approximate surface area is 255 Å². The van der Waals surface area contributed by atoms with Crippen LogP contribution < -0.4 is 16.0 Å². The smallest absolute Gasteiger partial charge is 0.240 e. The lowest BCUT2D eigenvalue weighted by Gasteiger charge is -2.31. The van der Waals surface area contributed by atoms with Crippen molar-refractivity contribution in [2.45, 2.75) is 83.0 Å². The number of aromatic nitrogens is 2. The molecule has 2 aliphatic heterocycles. The summed E-state index contributed by atoms with van der Waals surface area (Å²) >= 11 is 0. The van der Waals surface area contributed by atoms with E-state index in [4.69, 9.17) is 4.99 Å². The van der Waals surface area contributed by atoms with E-state index in [1.165, 1.54) is 5.56 Å². The van der Waals surface area contributed by atoms with E-state index < -0.39 is 0 Å². The summed E-state index contributed by atoms with van der Waals surface area (Å²) in [6.45, 7) is 7.60. The molecule has 0 radical (unpaired) electrons. The molecule has 228 valence electrons. The Morgan fingerprint density at radius 1 is 1.09 bits per heavy atom. The van der Waals surface area contributed by atoms with Crippen LogP contribution in [0.1, 0.15) is 76.2 Å². The van der Waals surface area contributed by atoms with Gasteiger partial charge in [0.05, 0.1) is 36.6 Å². The molecule has 1 unspecified atom stereocenters. The van der Waals surface area contributed by atoms with Gasteiger partial charge in [0.2, 0.25) is 12.3 Å². The Bertz CT molecular complexity index is 1400. The number of aliphatic imine (C=N–C) groups is 1. The van der Waals surface area contributed by atoms with Crippen molar-refractivity contribution in [3.8, 4) is 22.4 Å². The van der Waals surface area contributed by atoms with E-state index in [0.29, 0.717) is 19.0 Å². The average molecular weight is 584 g/mol. The molecule has 43 heavy (non-hydrogen) atoms. The molecule has 0 aliphatic carbocycles. The van der Waals surface area contributed by atoms with Crippen LogP contribution in [0.25, 0.3) is 22.4 Å². The highest BCUT2D eigenvalue weighted by Gasteiger charge is 2.40. The van der Waals surface area contributed by atoms with E-state index >= 15 is 0 Å². The van der Waals surface area contributed by atoms with Crippen molar-refractivity contribution >= 4 is 18.2 Å². The summed E-state index contributed by atoms with van der Waals surface area (Å²) in [5, 5.41) is 9.46. The summed E-state index contributed by atoms with van der Waals surface area (Å²) in [6.07, 6.45) is 7.52. The molecule has 0 spiro atoms. The van der Waals surface area contributed by atoms with Crippen LogP contribution in [0.2, 0.25) is 0 Å². The molecule has 1 fully saturated rings. The van der Waals surface area contributed by atoms with Gasteiger partial charge in [-0.25, -0.2) is 4.98 Å². The predicted molar refractivity (Wildman–Crippen MR) is 172 cm³/mol. The molecule has 1 aromatic heterocycles. The number of aromatic amines is 1. The first-order valence-corrected chi connectivity index (χ1v) is 15.7. The number of nitrogens with one attached hydrogen (secondary N) is 4. The van der Waals surface area contributed by atoms with Crippen LogP contribution in [-0.2, 0) is 9.59 Å². The fraction of sp³-hybridized carbons (Fsp3) is 0.471. The lowest BCUT2D eigenvalue weighted by atomic mass is 9.99. The zero-order chi connectivity index (χ0) is 30.3. The first-order valence-electron chi connectivity index (χ1n) is 15.7. The number of carbonyl (C=O) groups is 2. The normalized spacial score (nSPS) is 21.3. The van der Waals surface area contributed by atoms with Crippen LogP contribution in [-0.4, -0.2) is 71.3 Å². The van der Waals surface area contributed by atoms with Gasteiger partial charge in [-0.1, -0.05) is 55.5 Å². The molecule has 4 N–H and O–H groups in total. The molecule has 2 aliphatic rings. The Balaban J connectivity index is 1.19. The van der Waals surface area contributed by atoms with Gasteiger partial charge in [0.1, 0.15) is 11.7 Å². The highest BCUT2D eigenvalue weighted by molar-refractivity contribution is 5.94. The van der Waals surface area contributed by atoms with Crippen LogP contribution in [0.3, 0.4) is 0 Å². The third-order valence-corrected chi connectivity index (χ3v) is 9.08. The van der Waals surface area contributed by atoms with Gasteiger partial charge in [-0.3, -0.25) is 14.6 Å². The topological polar surface area (TPSA) is 115 Å². The summed E-state index contributed by atoms with van der Waals surface area (Å²) in [4.78, 5) is 38.6. The minimum Gasteiger partial charge on any atom is -0.363 e. The lowest BCUT2D eigenvalue weighted by molar-refractivity contribution is -0.134. The Morgan fingerprint density at radius 3 is 2.47 bits per heavy atom. The fourth-order valence-corrected chi connectivity index (χ4v) is 6.31. The Morgan fingerprint density at radius 2 is 1.79 bits per heavy atom. The van der Waals surface area contributed by atoms with Gasteiger partial charge < -0.3 is 25.8 Å². The number of likely N-dealkylation sites (N-methyl/N-ethyl adjacent to an activating group) is 1. The Kier molecular flexibility index (Phi) is 9.92. The van der Waals surface area contributed by atoms with Gasteiger partial charge in [-0.05, 0) is 75.3 Å². The van der Waals surface area contributed by atoms with Crippen molar-refractivity contribution < 1.29 is 9.59 Å². The SMILES string of the molecule is CC[C@@H](CCCNC=O)c1ncc(-c2ccc(-c3ccc(C4CN=C([C@@H]5CC[C@@H](C)N5C(=O)[C@H](C)NC)N4)cc3)cc2)[nH]1. The van der Waals surface area contributed by atoms with Crippen molar-refractivity contribution in [3.63, 3.8) is 0 Å². The zero-order valence-electron chi connectivity index (χ0n) is 25.8. The molecular weight excluding hydrogens is 538 g/mol. The van der Waals surface area contributed by atoms with Gasteiger partial charge in [0.25, 0.3) is 0 Å². The second-order valence-electron chi connectivity index (χ2n) is 11.8. The van der Waals surface area contributed by atoms with E-state index in [0.717, 1.165) is 72.6 Å². The minimum atomic E-state index is -0.207. The molecule has 3 heterocycles. The second-order valence-corrected chi connectivity index (χ2v) is 11.8. The zero-order valence-corrected chi connectivity index (χ0v) is 25.8. The summed E-state index contributed by atoms with van der Waals surface area (Å²) in [5.41, 5.74) is 5.64. The van der Waals surface area contributed by atoms with Crippen molar-refractivity contribution in [2.24, 2.45) is 4.99 Å². The van der Waals surface area contributed by atoms with Gasteiger partial charge in [0, 0.05) is 18.5 Å². The standard InChI is InChI=1S/C34H45N7O2/c1-5-24(7-6-18-36-21-42)32-37-19-29(39-32)27-13-9-25(10-14-27)26-11-15-28(16-12-26)30-20-38-33(40-30)31-17-8-22(2)41(31)34(43)23(3)35-4/h9-16,19,21-24,30-31,35H,5-8,17-18,20H2,1-4H3,(H,36,42)(H,37,39)(H,38,40)/t22-,23+,24+,30?,31+/m1/s1. The largest absolute Gasteiger partial charge is 0.363 e. The molecule has 9 heteroatoms. The molecule has 2 aromatic carbocycles. The molecule has 0 saturated carbocycles. The maximum Gasteiger partial charge on any atom is 0.240 e. The van der Waals surface area contributed by atoms with Crippen molar-refractivity contribution in [2.75, 3.05) is 20.1 Å². The molecule has 2 amide bonds. The van der Waals surface area contributed by atoms with Crippen molar-refractivity contribution in [1.82, 2.24) is 30.8 Å². The monoisotopic (exact) mass is 583 g/mol. The number of imidazole rings is 1. The first kappa shape index (κ1) is 30.5. The first-order chi connectivity index (χ1) is 20.9. The molecule has 5 rings (SSSR count). The number of amidine groups is 1. The summed E-state index contributed by atoms with van der Waals surface area (Å²) in [5.74, 6) is 2.43. The van der Waals surface area contributed by atoms with Gasteiger partial charge in [0.15, 0.2) is 0 Å². The number of hydrogen-bond acceptors (Lipinski definition) is 6. The van der Waals surface area contributed by atoms with Gasteiger partial charge in [-0.2, -0.15) is 0 Å². The number of carbonyl (C=O) groups excluding carboxylic acids is 2. The molecule has 9 nitrogen and oxygen atoms in total. The number of benzene rings is 2. The van der Waals surface area contributed by atoms with Crippen LogP contribution in [0.15, 0.2) is 59.7 Å². The van der Waals surface area contributed by atoms with E-state index in [2.05, 4.69) is 88.3 Å². The van der Waals surface area contributed by atoms with Crippen LogP contribution >= 0.6 is 0 Å². The quantitative estimate of drug-likeness (QED) is 0.171. The summed E-state index contributed by atoms with van der Waals surface area (Å²) < 4.78 is 0. The van der Waals surface area contributed by atoms with Crippen LogP contribution in [0, 0.1) is 0 Å². The van der Waals surface area contributed by atoms with Crippen LogP contribution in [0.4, 0.5) is 0 Å². The number of amides is 2. The second kappa shape index (κ2) is 14.0. The van der Waals surface area contributed by atoms with Gasteiger partial charge in [-0.15, -0.1) is 0 Å². The van der Waals surface area contributed by atoms with E-state index in [-0.39, 0.29) is 30.1 Å². The molecular formula is C34H45N7O2. The number of hydrogen-bond donors (Lipinski definition) is 4. The van der Waals surface area contributed by atoms with E-state index in [1.807, 2.05) is 25.1 Å². The molecule has 0 bridgehead atoms. The number of likely N-dealkylation sites (tertiary alicyclic amines) is 1. The summed E-state index contributed by atoms with van der Waals surface area (Å²) in [7, 11) is 1.83. The third-order valence-electron chi connectivity index (χ3n) is 9.08. The van der Waals surface area contributed by atoms with Crippen molar-refractivity contribution in [3.05, 3.63) is 66.1 Å². The fourth-order valence-electron chi connectivity index (χ4n) is 6.31. The highest BCUT2D eigenvalue weighted by atomic mass is 16.2. The lowest BCUT2D eigenvalue weighted by Crippen LogP contribution is -2.52. The molecule has 3 aromatic rings. The highest BCUT2D eigenvalue weighted by Crippen LogP contribution is 2.31. The maximum absolute atomic E-state index is 13.0. The molecule has 1 saturated heterocycles. The Hall–Kier alpha value is -3.98. The van der Waals surface area contributed by atoms with Crippen LogP contribution in [0.5, 0.6) is 0 Å². The predicted octanol–water partition coefficient (Wildman–Crippen LogP) is 4.79. The van der Waals surface area contributed by atoms with E-state index in [1.54, 1.807) is 0 Å². The summed E-state index contributed by atoms with van der Waals surface area (Å²) in [6, 6.07) is 17.4. The number of rotatable bonds is 13. The number of H-pyrrole nitrogens is 1. The van der Waals surface area contributed by atoms with E-state index in [9.17, 15) is 9.59 Å². The van der Waals surface area contributed by atoms with Crippen molar-refractivity contribution in [1.29, 1.82) is 0 Å². The number of nitrogens with zero attached hydrogens (tertiary/aromatic N) is 3. The maximum atomic E-state index is 13.0. The molecule has 5 atom stereocenters. The average Bonchev–Trinajstić information content (AvgIpc) is 3.81.